The van der Waals surface area contributed by atoms with Gasteiger partial charge < -0.3 is 10.5 Å². The van der Waals surface area contributed by atoms with Crippen LogP contribution in [0.5, 0.6) is 0 Å². The molecule has 7 nitrogen and oxygen atoms in total. The number of nitrogens with one attached hydrogen (secondary N) is 1. The molecule has 0 spiro atoms. The van der Waals surface area contributed by atoms with E-state index in [1.165, 1.54) is 13.1 Å². The molecule has 2 unspecified atom stereocenters. The maximum atomic E-state index is 13.6. The fraction of sp³-hybridized carbons (Fsp3) is 0.591. The third-order valence-electron chi connectivity index (χ3n) is 6.85. The fourth-order valence-corrected chi connectivity index (χ4v) is 6.07. The molecule has 1 aromatic carbocycles. The number of nitrogens with zero attached hydrogens (tertiary/aromatic N) is 2. The fourth-order valence-electron chi connectivity index (χ4n) is 4.59. The molecular weight excluding hydrogens is 459 g/mol. The van der Waals surface area contributed by atoms with Crippen LogP contribution >= 0.6 is 0 Å². The summed E-state index contributed by atoms with van der Waals surface area (Å²) in [5.74, 6) is -1.88. The van der Waals surface area contributed by atoms with E-state index in [1.807, 2.05) is 6.92 Å². The molecule has 0 amide bonds. The Kier molecular flexibility index (Phi) is 7.05. The highest BCUT2D eigenvalue weighted by atomic mass is 32.2. The Morgan fingerprint density at radius 2 is 2.00 bits per heavy atom. The number of carboxylic acids is 1. The van der Waals surface area contributed by atoms with Gasteiger partial charge in [0.2, 0.25) is 10.0 Å². The minimum atomic E-state index is -4.69. The number of alkyl halides is 3. The number of carbonyl (C=O) groups is 1. The molecule has 11 heteroatoms. The summed E-state index contributed by atoms with van der Waals surface area (Å²) in [7, 11) is -3.03. The van der Waals surface area contributed by atoms with Gasteiger partial charge in [-0.05, 0) is 67.7 Å². The Morgan fingerprint density at radius 1 is 1.33 bits per heavy atom. The van der Waals surface area contributed by atoms with Gasteiger partial charge in [0, 0.05) is 30.9 Å². The van der Waals surface area contributed by atoms with E-state index >= 15 is 0 Å². The van der Waals surface area contributed by atoms with E-state index in [4.69, 9.17) is 10.5 Å². The number of carboxylic acid groups (broad SMARTS) is 1. The molecule has 0 radical (unpaired) electrons. The quantitative estimate of drug-likeness (QED) is 0.538. The molecule has 0 aromatic heterocycles. The first kappa shape index (κ1) is 25.4. The maximum Gasteiger partial charge on any atom is 0.416 e. The Morgan fingerprint density at radius 3 is 2.52 bits per heavy atom. The number of sulfonamides is 1. The van der Waals surface area contributed by atoms with Crippen LogP contribution in [0.3, 0.4) is 0 Å². The van der Waals surface area contributed by atoms with Crippen molar-refractivity contribution in [2.45, 2.75) is 68.0 Å². The van der Waals surface area contributed by atoms with E-state index in [0.29, 0.717) is 55.9 Å². The monoisotopic (exact) mass is 487 g/mol. The zero-order valence-electron chi connectivity index (χ0n) is 18.5. The van der Waals surface area contributed by atoms with Crippen LogP contribution in [-0.4, -0.2) is 55.4 Å². The first-order chi connectivity index (χ1) is 15.4. The highest BCUT2D eigenvalue weighted by molar-refractivity contribution is 7.89. The van der Waals surface area contributed by atoms with Gasteiger partial charge in [-0.15, -0.1) is 0 Å². The van der Waals surface area contributed by atoms with E-state index < -0.39 is 56.5 Å². The van der Waals surface area contributed by atoms with Crippen LogP contribution in [0.25, 0.3) is 0 Å². The van der Waals surface area contributed by atoms with Crippen LogP contribution < -0.4 is 0 Å². The summed E-state index contributed by atoms with van der Waals surface area (Å²) in [6.45, 7) is 1.39. The molecule has 2 atom stereocenters. The second-order valence-corrected chi connectivity index (χ2v) is 10.7. The molecule has 1 aromatic rings. The number of benzene rings is 1. The Labute approximate surface area is 191 Å². The molecule has 33 heavy (non-hydrogen) atoms. The molecule has 0 bridgehead atoms. The van der Waals surface area contributed by atoms with Crippen LogP contribution in [0.15, 0.2) is 28.1 Å². The predicted octanol–water partition coefficient (Wildman–Crippen LogP) is 4.11. The SMILES string of the molecule is CCC1(c2cc(C(F)(F)F)cc(S(=O)(=O)N(C)C3CCCC(=NCC(=O)O)C3C=N)c2)CC1. The van der Waals surface area contributed by atoms with E-state index in [1.54, 1.807) is 0 Å². The minimum Gasteiger partial charge on any atom is -0.480 e. The van der Waals surface area contributed by atoms with Crippen LogP contribution in [0, 0.1) is 11.3 Å². The van der Waals surface area contributed by atoms with Gasteiger partial charge in [-0.3, -0.25) is 9.79 Å². The Balaban J connectivity index is 2.02. The highest BCUT2D eigenvalue weighted by Gasteiger charge is 2.45. The minimum absolute atomic E-state index is 0.378. The van der Waals surface area contributed by atoms with Crippen LogP contribution in [0.4, 0.5) is 13.2 Å². The Hall–Kier alpha value is -2.27. The first-order valence-electron chi connectivity index (χ1n) is 10.8. The standard InChI is InChI=1S/C22H28F3N3O4S/c1-3-21(7-8-21)14-9-15(22(23,24)25)11-16(10-14)33(31,32)28(2)19-6-4-5-18(17(19)12-26)27-13-20(29)30/h9-12,17,19,26H,3-8,13H2,1-2H3,(H,29,30). The molecular formula is C22H28F3N3O4S. The largest absolute Gasteiger partial charge is 0.480 e. The third kappa shape index (κ3) is 5.13. The van der Waals surface area contributed by atoms with Gasteiger partial charge in [-0.2, -0.15) is 17.5 Å². The van der Waals surface area contributed by atoms with E-state index in [9.17, 15) is 26.4 Å². The molecule has 0 aliphatic heterocycles. The van der Waals surface area contributed by atoms with Crippen LogP contribution in [-0.2, 0) is 26.4 Å². The summed E-state index contributed by atoms with van der Waals surface area (Å²) in [5, 5.41) is 16.7. The van der Waals surface area contributed by atoms with Crippen molar-refractivity contribution in [1.82, 2.24) is 4.31 Å². The predicted molar refractivity (Wildman–Crippen MR) is 117 cm³/mol. The van der Waals surface area contributed by atoms with Gasteiger partial charge in [0.1, 0.15) is 6.54 Å². The molecule has 2 N–H and O–H groups in total. The average molecular weight is 488 g/mol. The number of hydrogen-bond donors (Lipinski definition) is 2. The van der Waals surface area contributed by atoms with E-state index in [0.717, 1.165) is 16.6 Å². The lowest BCUT2D eigenvalue weighted by molar-refractivity contribution is -0.138. The van der Waals surface area contributed by atoms with Crippen molar-refractivity contribution in [3.8, 4) is 0 Å². The topological polar surface area (TPSA) is 111 Å². The van der Waals surface area contributed by atoms with Gasteiger partial charge in [0.05, 0.1) is 10.5 Å². The average Bonchev–Trinajstić information content (AvgIpc) is 3.57. The molecule has 0 saturated heterocycles. The summed E-state index contributed by atoms with van der Waals surface area (Å²) in [6.07, 6.45) is -0.279. The van der Waals surface area contributed by atoms with Crippen molar-refractivity contribution >= 4 is 27.9 Å². The summed E-state index contributed by atoms with van der Waals surface area (Å²) in [4.78, 5) is 14.5. The number of rotatable bonds is 8. The molecule has 2 saturated carbocycles. The lowest BCUT2D eigenvalue weighted by Gasteiger charge is -2.36. The van der Waals surface area contributed by atoms with E-state index in [2.05, 4.69) is 4.99 Å². The number of halogens is 3. The Bertz CT molecular complexity index is 1070. The first-order valence-corrected chi connectivity index (χ1v) is 12.3. The highest BCUT2D eigenvalue weighted by Crippen LogP contribution is 2.52. The van der Waals surface area contributed by atoms with Crippen LogP contribution in [0.1, 0.15) is 56.6 Å². The molecule has 2 fully saturated rings. The van der Waals surface area contributed by atoms with Gasteiger partial charge >= 0.3 is 12.1 Å². The maximum absolute atomic E-state index is 13.6. The molecule has 182 valence electrons. The van der Waals surface area contributed by atoms with Crippen molar-refractivity contribution in [3.05, 3.63) is 29.3 Å². The molecule has 2 aliphatic rings. The van der Waals surface area contributed by atoms with Gasteiger partial charge in [0.15, 0.2) is 0 Å². The third-order valence-corrected chi connectivity index (χ3v) is 8.71. The zero-order chi connectivity index (χ0) is 24.6. The van der Waals surface area contributed by atoms with Crippen molar-refractivity contribution in [1.29, 1.82) is 5.41 Å². The summed E-state index contributed by atoms with van der Waals surface area (Å²) < 4.78 is 68.8. The summed E-state index contributed by atoms with van der Waals surface area (Å²) in [6, 6.07) is 2.32. The number of hydrogen-bond acceptors (Lipinski definition) is 5. The van der Waals surface area contributed by atoms with Crippen molar-refractivity contribution < 1.29 is 31.5 Å². The molecule has 3 rings (SSSR count). The lowest BCUT2D eigenvalue weighted by Crippen LogP contribution is -2.47. The van der Waals surface area contributed by atoms with Crippen molar-refractivity contribution in [2.24, 2.45) is 10.9 Å². The van der Waals surface area contributed by atoms with Crippen molar-refractivity contribution in [2.75, 3.05) is 13.6 Å². The molecule has 0 heterocycles. The van der Waals surface area contributed by atoms with E-state index in [-0.39, 0.29) is 0 Å². The molecule has 2 aliphatic carbocycles. The lowest BCUT2D eigenvalue weighted by atomic mass is 9.83. The normalized spacial score (nSPS) is 24.1. The van der Waals surface area contributed by atoms with Crippen molar-refractivity contribution in [3.63, 3.8) is 0 Å². The number of aliphatic carboxylic acids is 1. The summed E-state index contributed by atoms with van der Waals surface area (Å²) >= 11 is 0. The van der Waals surface area contributed by atoms with Gasteiger partial charge in [0.25, 0.3) is 0 Å². The van der Waals surface area contributed by atoms with Crippen LogP contribution in [0.2, 0.25) is 0 Å². The van der Waals surface area contributed by atoms with Gasteiger partial charge in [-0.25, -0.2) is 8.42 Å². The van der Waals surface area contributed by atoms with Gasteiger partial charge in [-0.1, -0.05) is 6.92 Å². The number of aliphatic imine (C=N–C) groups is 1. The smallest absolute Gasteiger partial charge is 0.416 e. The second-order valence-electron chi connectivity index (χ2n) is 8.75. The zero-order valence-corrected chi connectivity index (χ0v) is 19.3. The second kappa shape index (κ2) is 9.17. The summed E-state index contributed by atoms with van der Waals surface area (Å²) in [5.41, 5.74) is -0.632.